The predicted molar refractivity (Wildman–Crippen MR) is 105 cm³/mol. The largest absolute Gasteiger partial charge is 0.493 e. The number of hydrogen-bond donors (Lipinski definition) is 1. The molecule has 154 valence electrons. The van der Waals surface area contributed by atoms with Crippen molar-refractivity contribution in [3.8, 4) is 17.2 Å². The van der Waals surface area contributed by atoms with Gasteiger partial charge in [0.25, 0.3) is 0 Å². The Morgan fingerprint density at radius 2 is 2.04 bits per heavy atom. The second kappa shape index (κ2) is 7.47. The monoisotopic (exact) mass is 389 g/mol. The summed E-state index contributed by atoms with van der Waals surface area (Å²) in [6.45, 7) is 7.10. The molecule has 1 saturated heterocycles. The van der Waals surface area contributed by atoms with Crippen molar-refractivity contribution in [2.24, 2.45) is 11.8 Å². The number of methoxy groups -OCH3 is 1. The molecule has 28 heavy (non-hydrogen) atoms. The van der Waals surface area contributed by atoms with Crippen molar-refractivity contribution < 1.29 is 23.7 Å². The molecule has 6 heteroatoms. The molecule has 1 aromatic rings. The number of ether oxygens (including phenoxy) is 4. The van der Waals surface area contributed by atoms with Gasteiger partial charge in [0.05, 0.1) is 19.3 Å². The van der Waals surface area contributed by atoms with E-state index in [1.807, 2.05) is 12.1 Å². The van der Waals surface area contributed by atoms with Gasteiger partial charge in [0, 0.05) is 24.8 Å². The summed E-state index contributed by atoms with van der Waals surface area (Å²) in [4.78, 5) is 12.0. The molecule has 4 rings (SSSR count). The highest BCUT2D eigenvalue weighted by molar-refractivity contribution is 5.74. The van der Waals surface area contributed by atoms with Gasteiger partial charge in [-0.05, 0) is 43.4 Å². The number of carbonyl (C=O) groups is 1. The van der Waals surface area contributed by atoms with E-state index in [1.165, 1.54) is 6.42 Å². The maximum Gasteiger partial charge on any atom is 0.217 e. The van der Waals surface area contributed by atoms with Crippen molar-refractivity contribution in [3.05, 3.63) is 17.7 Å². The minimum atomic E-state index is -0.292. The summed E-state index contributed by atoms with van der Waals surface area (Å²) in [5, 5.41) is 3.26. The first kappa shape index (κ1) is 19.4. The van der Waals surface area contributed by atoms with Crippen LogP contribution >= 0.6 is 0 Å². The van der Waals surface area contributed by atoms with Crippen molar-refractivity contribution in [1.82, 2.24) is 5.32 Å². The lowest BCUT2D eigenvalue weighted by Crippen LogP contribution is -2.60. The molecule has 1 saturated carbocycles. The summed E-state index contributed by atoms with van der Waals surface area (Å²) in [6.07, 6.45) is 4.02. The van der Waals surface area contributed by atoms with Crippen LogP contribution < -0.4 is 19.5 Å². The van der Waals surface area contributed by atoms with E-state index in [0.29, 0.717) is 42.3 Å². The predicted octanol–water partition coefficient (Wildman–Crippen LogP) is 3.63. The van der Waals surface area contributed by atoms with Crippen LogP contribution in [0.3, 0.4) is 0 Å². The van der Waals surface area contributed by atoms with Crippen LogP contribution in [0.15, 0.2) is 12.1 Å². The Morgan fingerprint density at radius 3 is 2.79 bits per heavy atom. The fourth-order valence-corrected chi connectivity index (χ4v) is 5.23. The first-order valence-electron chi connectivity index (χ1n) is 10.3. The van der Waals surface area contributed by atoms with Gasteiger partial charge in [-0.25, -0.2) is 0 Å². The van der Waals surface area contributed by atoms with Crippen LogP contribution in [0.5, 0.6) is 17.2 Å². The molecule has 2 heterocycles. The second-order valence-corrected chi connectivity index (χ2v) is 8.74. The molecule has 1 aliphatic carbocycles. The van der Waals surface area contributed by atoms with Crippen LogP contribution in [0.2, 0.25) is 0 Å². The summed E-state index contributed by atoms with van der Waals surface area (Å²) in [5.41, 5.74) is 0.717. The van der Waals surface area contributed by atoms with Gasteiger partial charge < -0.3 is 24.3 Å². The molecule has 0 radical (unpaired) electrons. The molecular weight excluding hydrogens is 358 g/mol. The minimum Gasteiger partial charge on any atom is -0.493 e. The quantitative estimate of drug-likeness (QED) is 0.855. The smallest absolute Gasteiger partial charge is 0.217 e. The minimum absolute atomic E-state index is 0.0141. The number of nitrogens with one attached hydrogen (secondary N) is 1. The molecule has 5 atom stereocenters. The van der Waals surface area contributed by atoms with Crippen LogP contribution in [0, 0.1) is 11.8 Å². The molecular formula is C22H31NO5. The van der Waals surface area contributed by atoms with E-state index < -0.39 is 0 Å². The third-order valence-corrected chi connectivity index (χ3v) is 6.50. The molecule has 1 amide bonds. The molecule has 2 fully saturated rings. The highest BCUT2D eigenvalue weighted by Gasteiger charge is 2.49. The molecule has 1 aromatic carbocycles. The first-order chi connectivity index (χ1) is 13.4. The molecule has 6 nitrogen and oxygen atoms in total. The van der Waals surface area contributed by atoms with E-state index in [2.05, 4.69) is 19.2 Å². The lowest BCUT2D eigenvalue weighted by molar-refractivity contribution is -0.153. The van der Waals surface area contributed by atoms with Crippen molar-refractivity contribution >= 4 is 5.91 Å². The average Bonchev–Trinajstić information content (AvgIpc) is 2.65. The van der Waals surface area contributed by atoms with Crippen molar-refractivity contribution in [2.75, 3.05) is 20.3 Å². The Morgan fingerprint density at radius 1 is 1.25 bits per heavy atom. The number of benzene rings is 1. The molecule has 1 N–H and O–H groups in total. The average molecular weight is 389 g/mol. The molecule has 2 aliphatic heterocycles. The van der Waals surface area contributed by atoms with E-state index in [0.717, 1.165) is 24.8 Å². The van der Waals surface area contributed by atoms with Gasteiger partial charge in [0.15, 0.2) is 11.5 Å². The Hall–Kier alpha value is -1.95. The summed E-state index contributed by atoms with van der Waals surface area (Å²) in [5.74, 6) is 3.00. The topological polar surface area (TPSA) is 66.0 Å². The van der Waals surface area contributed by atoms with Gasteiger partial charge in [0.1, 0.15) is 13.2 Å². The van der Waals surface area contributed by atoms with Crippen LogP contribution in [-0.4, -0.2) is 37.9 Å². The van der Waals surface area contributed by atoms with Crippen LogP contribution in [0.4, 0.5) is 0 Å². The molecule has 0 unspecified atom stereocenters. The van der Waals surface area contributed by atoms with Gasteiger partial charge in [-0.15, -0.1) is 0 Å². The standard InChI is InChI=1S/C22H31NO5/c1-13-5-6-16-17(9-13)28-20(12-22(16,3)23-14(2)24)15-10-18(25-4)21-19(11-15)26-7-8-27-21/h10-11,13,16-17,20H,5-9,12H2,1-4H3,(H,23,24)/t13-,16-,17-,20-,22+/m1/s1. The van der Waals surface area contributed by atoms with Gasteiger partial charge in [-0.2, -0.15) is 0 Å². The summed E-state index contributed by atoms with van der Waals surface area (Å²) < 4.78 is 23.7. The van der Waals surface area contributed by atoms with Gasteiger partial charge in [0.2, 0.25) is 11.7 Å². The summed E-state index contributed by atoms with van der Waals surface area (Å²) >= 11 is 0. The molecule has 0 spiro atoms. The number of fused-ring (bicyclic) bond motifs is 2. The Balaban J connectivity index is 1.68. The third kappa shape index (κ3) is 3.54. The fourth-order valence-electron chi connectivity index (χ4n) is 5.23. The Bertz CT molecular complexity index is 733. The zero-order valence-electron chi connectivity index (χ0n) is 17.2. The van der Waals surface area contributed by atoms with Crippen molar-refractivity contribution in [3.63, 3.8) is 0 Å². The SMILES string of the molecule is COc1cc([C@H]2C[C@](C)(NC(C)=O)[C@@H]3CC[C@@H](C)C[C@H]3O2)cc2c1OCCO2. The van der Waals surface area contributed by atoms with Gasteiger partial charge >= 0.3 is 0 Å². The molecule has 3 aliphatic rings. The molecule has 0 aromatic heterocycles. The maximum atomic E-state index is 12.0. The van der Waals surface area contributed by atoms with Gasteiger partial charge in [-0.3, -0.25) is 4.79 Å². The third-order valence-electron chi connectivity index (χ3n) is 6.50. The van der Waals surface area contributed by atoms with E-state index in [4.69, 9.17) is 18.9 Å². The molecule has 0 bridgehead atoms. The van der Waals surface area contributed by atoms with E-state index >= 15 is 0 Å². The number of carbonyl (C=O) groups excluding carboxylic acids is 1. The highest BCUT2D eigenvalue weighted by Crippen LogP contribution is 2.50. The van der Waals surface area contributed by atoms with E-state index in [1.54, 1.807) is 14.0 Å². The number of rotatable bonds is 3. The first-order valence-corrected chi connectivity index (χ1v) is 10.3. The second-order valence-electron chi connectivity index (χ2n) is 8.74. The zero-order chi connectivity index (χ0) is 19.9. The van der Waals surface area contributed by atoms with Crippen LogP contribution in [-0.2, 0) is 9.53 Å². The maximum absolute atomic E-state index is 12.0. The Kier molecular flexibility index (Phi) is 5.17. The van der Waals surface area contributed by atoms with Crippen molar-refractivity contribution in [2.45, 2.75) is 64.2 Å². The van der Waals surface area contributed by atoms with E-state index in [-0.39, 0.29) is 23.7 Å². The zero-order valence-corrected chi connectivity index (χ0v) is 17.2. The normalized spacial score (nSPS) is 34.3. The number of amides is 1. The Labute approximate surface area is 166 Å². The van der Waals surface area contributed by atoms with Gasteiger partial charge in [-0.1, -0.05) is 13.3 Å². The fraction of sp³-hybridized carbons (Fsp3) is 0.682. The lowest BCUT2D eigenvalue weighted by atomic mass is 9.66. The van der Waals surface area contributed by atoms with Crippen LogP contribution in [0.25, 0.3) is 0 Å². The lowest BCUT2D eigenvalue weighted by Gasteiger charge is -2.52. The summed E-state index contributed by atoms with van der Waals surface area (Å²) in [6, 6.07) is 3.99. The van der Waals surface area contributed by atoms with Crippen LogP contribution in [0.1, 0.15) is 58.1 Å². The number of hydrogen-bond acceptors (Lipinski definition) is 5. The highest BCUT2D eigenvalue weighted by atomic mass is 16.6. The van der Waals surface area contributed by atoms with Crippen molar-refractivity contribution in [1.29, 1.82) is 0 Å². The summed E-state index contributed by atoms with van der Waals surface area (Å²) in [7, 11) is 1.64. The van der Waals surface area contributed by atoms with E-state index in [9.17, 15) is 4.79 Å².